The molecule has 24 heavy (non-hydrogen) atoms. The van der Waals surface area contributed by atoms with Gasteiger partial charge in [0.1, 0.15) is 5.82 Å². The lowest BCUT2D eigenvalue weighted by Gasteiger charge is -2.06. The summed E-state index contributed by atoms with van der Waals surface area (Å²) in [4.78, 5) is 8.85. The minimum atomic E-state index is -0.0163. The Kier molecular flexibility index (Phi) is 5.30. The van der Waals surface area contributed by atoms with E-state index in [0.29, 0.717) is 11.6 Å². The number of halogens is 1. The Morgan fingerprint density at radius 3 is 2.38 bits per heavy atom. The van der Waals surface area contributed by atoms with E-state index in [1.54, 1.807) is 0 Å². The first-order valence-corrected chi connectivity index (χ1v) is 8.77. The molecular formula is C19H17IN4. The summed E-state index contributed by atoms with van der Waals surface area (Å²) >= 11 is 2.29. The predicted molar refractivity (Wildman–Crippen MR) is 104 cm³/mol. The number of hydrogen-bond acceptors (Lipinski definition) is 4. The van der Waals surface area contributed by atoms with Crippen molar-refractivity contribution in [2.75, 3.05) is 0 Å². The molecule has 0 N–H and O–H groups in total. The molecule has 1 aromatic heterocycles. The van der Waals surface area contributed by atoms with Crippen LogP contribution in [0, 0.1) is 10.5 Å². The molecule has 0 saturated heterocycles. The summed E-state index contributed by atoms with van der Waals surface area (Å²) in [6, 6.07) is 20.2. The molecule has 0 amide bonds. The highest BCUT2D eigenvalue weighted by Crippen LogP contribution is 2.24. The molecular weight excluding hydrogens is 411 g/mol. The molecule has 0 fully saturated rings. The van der Waals surface area contributed by atoms with E-state index in [0.717, 1.165) is 16.8 Å². The van der Waals surface area contributed by atoms with Crippen molar-refractivity contribution in [1.29, 1.82) is 0 Å². The quantitative estimate of drug-likeness (QED) is 0.384. The molecule has 0 aliphatic heterocycles. The van der Waals surface area contributed by atoms with Gasteiger partial charge in [-0.2, -0.15) is 5.11 Å². The molecule has 120 valence electrons. The Morgan fingerprint density at radius 1 is 0.958 bits per heavy atom. The van der Waals surface area contributed by atoms with Gasteiger partial charge in [0.15, 0.2) is 5.82 Å². The Hall–Kier alpha value is -2.15. The van der Waals surface area contributed by atoms with Crippen LogP contribution in [0.3, 0.4) is 0 Å². The minimum Gasteiger partial charge on any atom is -0.233 e. The number of aromatic nitrogens is 2. The van der Waals surface area contributed by atoms with Crippen molar-refractivity contribution in [3.8, 4) is 11.3 Å². The second kappa shape index (κ2) is 7.61. The lowest BCUT2D eigenvalue weighted by molar-refractivity contribution is 0.758. The third kappa shape index (κ3) is 4.23. The van der Waals surface area contributed by atoms with Crippen LogP contribution < -0.4 is 0 Å². The molecule has 3 rings (SSSR count). The van der Waals surface area contributed by atoms with E-state index in [1.165, 1.54) is 3.57 Å². The maximum atomic E-state index is 4.49. The second-order valence-electron chi connectivity index (χ2n) is 5.47. The highest BCUT2D eigenvalue weighted by Gasteiger charge is 2.06. The highest BCUT2D eigenvalue weighted by atomic mass is 127. The standard InChI is InChI=1S/C19H17IN4/c1-13(15-8-10-17(20)11-9-15)23-24-19-12-18(21-14(2)22-19)16-6-4-3-5-7-16/h3-13H,1-2H3. The summed E-state index contributed by atoms with van der Waals surface area (Å²) in [5.41, 5.74) is 3.04. The van der Waals surface area contributed by atoms with E-state index < -0.39 is 0 Å². The summed E-state index contributed by atoms with van der Waals surface area (Å²) in [6.07, 6.45) is 0. The van der Waals surface area contributed by atoms with Crippen LogP contribution >= 0.6 is 22.6 Å². The zero-order valence-corrected chi connectivity index (χ0v) is 15.7. The summed E-state index contributed by atoms with van der Waals surface area (Å²) in [6.45, 7) is 3.89. The predicted octanol–water partition coefficient (Wildman–Crippen LogP) is 5.90. The first-order chi connectivity index (χ1) is 11.6. The molecule has 1 atom stereocenters. The summed E-state index contributed by atoms with van der Waals surface area (Å²) in [5, 5.41) is 8.73. The van der Waals surface area contributed by atoms with Crippen molar-refractivity contribution in [2.24, 2.45) is 10.2 Å². The molecule has 5 heteroatoms. The van der Waals surface area contributed by atoms with Gasteiger partial charge in [-0.25, -0.2) is 9.97 Å². The third-order valence-corrected chi connectivity index (χ3v) is 4.30. The zero-order valence-electron chi connectivity index (χ0n) is 13.5. The van der Waals surface area contributed by atoms with Gasteiger partial charge in [0.25, 0.3) is 0 Å². The van der Waals surface area contributed by atoms with Crippen molar-refractivity contribution >= 4 is 28.4 Å². The smallest absolute Gasteiger partial charge is 0.177 e. The maximum Gasteiger partial charge on any atom is 0.177 e. The van der Waals surface area contributed by atoms with E-state index in [-0.39, 0.29) is 6.04 Å². The topological polar surface area (TPSA) is 50.5 Å². The van der Waals surface area contributed by atoms with E-state index in [1.807, 2.05) is 50.2 Å². The molecule has 1 heterocycles. The SMILES string of the molecule is Cc1nc(N=NC(C)c2ccc(I)cc2)cc(-c2ccccc2)n1. The van der Waals surface area contributed by atoms with E-state index >= 15 is 0 Å². The molecule has 0 radical (unpaired) electrons. The average molecular weight is 428 g/mol. The van der Waals surface area contributed by atoms with Crippen LogP contribution in [0.2, 0.25) is 0 Å². The Bertz CT molecular complexity index is 845. The molecule has 0 saturated carbocycles. The fourth-order valence-corrected chi connectivity index (χ4v) is 2.67. The molecule has 0 aliphatic carbocycles. The second-order valence-corrected chi connectivity index (χ2v) is 6.71. The van der Waals surface area contributed by atoms with Gasteiger partial charge in [0.05, 0.1) is 11.7 Å². The monoisotopic (exact) mass is 428 g/mol. The Labute approximate surface area is 155 Å². The van der Waals surface area contributed by atoms with Gasteiger partial charge in [-0.3, -0.25) is 0 Å². The molecule has 0 aliphatic rings. The molecule has 2 aromatic carbocycles. The van der Waals surface area contributed by atoms with Crippen molar-refractivity contribution in [3.05, 3.63) is 75.6 Å². The normalized spacial score (nSPS) is 12.5. The van der Waals surface area contributed by atoms with Crippen LogP contribution in [0.1, 0.15) is 24.4 Å². The van der Waals surface area contributed by atoms with Gasteiger partial charge in [-0.05, 0) is 54.1 Å². The number of nitrogens with zero attached hydrogens (tertiary/aromatic N) is 4. The number of rotatable bonds is 4. The minimum absolute atomic E-state index is 0.0163. The van der Waals surface area contributed by atoms with Crippen LogP contribution in [-0.4, -0.2) is 9.97 Å². The maximum absolute atomic E-state index is 4.49. The van der Waals surface area contributed by atoms with Crippen molar-refractivity contribution in [2.45, 2.75) is 19.9 Å². The third-order valence-electron chi connectivity index (χ3n) is 3.58. The van der Waals surface area contributed by atoms with Gasteiger partial charge in [-0.1, -0.05) is 42.5 Å². The van der Waals surface area contributed by atoms with Crippen LogP contribution in [0.4, 0.5) is 5.82 Å². The fourth-order valence-electron chi connectivity index (χ4n) is 2.31. The first kappa shape index (κ1) is 16.7. The highest BCUT2D eigenvalue weighted by molar-refractivity contribution is 14.1. The van der Waals surface area contributed by atoms with Crippen LogP contribution in [-0.2, 0) is 0 Å². The van der Waals surface area contributed by atoms with Gasteiger partial charge in [-0.15, -0.1) is 5.11 Å². The summed E-state index contributed by atoms with van der Waals surface area (Å²) in [7, 11) is 0. The first-order valence-electron chi connectivity index (χ1n) is 7.69. The Balaban J connectivity index is 1.84. The van der Waals surface area contributed by atoms with Crippen LogP contribution in [0.5, 0.6) is 0 Å². The van der Waals surface area contributed by atoms with Crippen LogP contribution in [0.15, 0.2) is 70.9 Å². The molecule has 4 nitrogen and oxygen atoms in total. The van der Waals surface area contributed by atoms with Gasteiger partial charge in [0, 0.05) is 15.2 Å². The zero-order chi connectivity index (χ0) is 16.9. The molecule has 0 bridgehead atoms. The van der Waals surface area contributed by atoms with Gasteiger partial charge >= 0.3 is 0 Å². The van der Waals surface area contributed by atoms with E-state index in [2.05, 4.69) is 67.1 Å². The van der Waals surface area contributed by atoms with Crippen molar-refractivity contribution < 1.29 is 0 Å². The number of benzene rings is 2. The largest absolute Gasteiger partial charge is 0.233 e. The summed E-state index contributed by atoms with van der Waals surface area (Å²) in [5.74, 6) is 1.27. The van der Waals surface area contributed by atoms with Gasteiger partial charge in [0.2, 0.25) is 0 Å². The fraction of sp³-hybridized carbons (Fsp3) is 0.158. The Morgan fingerprint density at radius 2 is 1.67 bits per heavy atom. The number of aryl methyl sites for hydroxylation is 1. The lowest BCUT2D eigenvalue weighted by Crippen LogP contribution is -1.92. The van der Waals surface area contributed by atoms with Crippen molar-refractivity contribution in [3.63, 3.8) is 0 Å². The average Bonchev–Trinajstić information content (AvgIpc) is 2.60. The lowest BCUT2D eigenvalue weighted by atomic mass is 10.1. The molecule has 0 spiro atoms. The molecule has 3 aromatic rings. The number of azo groups is 1. The molecule has 1 unspecified atom stereocenters. The van der Waals surface area contributed by atoms with Crippen molar-refractivity contribution in [1.82, 2.24) is 9.97 Å². The van der Waals surface area contributed by atoms with E-state index in [9.17, 15) is 0 Å². The number of hydrogen-bond donors (Lipinski definition) is 0. The summed E-state index contributed by atoms with van der Waals surface area (Å²) < 4.78 is 1.21. The van der Waals surface area contributed by atoms with E-state index in [4.69, 9.17) is 0 Å². The van der Waals surface area contributed by atoms with Crippen LogP contribution in [0.25, 0.3) is 11.3 Å². The van der Waals surface area contributed by atoms with Gasteiger partial charge < -0.3 is 0 Å².